The average molecular weight is 343 g/mol. The van der Waals surface area contributed by atoms with Crippen LogP contribution in [0.4, 0.5) is 8.78 Å². The Balaban J connectivity index is 0.00000192. The van der Waals surface area contributed by atoms with E-state index in [1.807, 2.05) is 0 Å². The molecule has 1 aliphatic rings. The number of benzene rings is 1. The highest BCUT2D eigenvalue weighted by Gasteiger charge is 2.19. The molecule has 124 valence electrons. The van der Waals surface area contributed by atoms with E-state index >= 15 is 0 Å². The molecule has 1 amide bonds. The summed E-state index contributed by atoms with van der Waals surface area (Å²) in [7, 11) is 0. The van der Waals surface area contributed by atoms with Crippen LogP contribution in [-0.4, -0.2) is 34.8 Å². The minimum atomic E-state index is -0.730. The molecule has 0 aliphatic carbocycles. The first-order valence-corrected chi connectivity index (χ1v) is 7.17. The summed E-state index contributed by atoms with van der Waals surface area (Å²) in [5.41, 5.74) is -0.158. The molecule has 0 radical (unpaired) electrons. The first-order valence-electron chi connectivity index (χ1n) is 7.17. The van der Waals surface area contributed by atoms with E-state index in [4.69, 9.17) is 0 Å². The molecule has 2 heterocycles. The summed E-state index contributed by atoms with van der Waals surface area (Å²) in [6.45, 7) is 1.67. The summed E-state index contributed by atoms with van der Waals surface area (Å²) in [5.74, 6) is -1.80. The van der Waals surface area contributed by atoms with Crippen LogP contribution in [0.5, 0.6) is 0 Å². The molecule has 8 heteroatoms. The standard InChI is InChI=1S/C15H16F2N4O.ClH/c16-11-4-1-5-12(17)14(11)21-8-6-13(20-21)15(22)19-10-3-2-7-18-9-10;/h1,4-6,8,10,18H,2-3,7,9H2,(H,19,22);1H/t10-;/m0./s1. The molecule has 0 spiro atoms. The number of carbonyl (C=O) groups is 1. The number of aromatic nitrogens is 2. The van der Waals surface area contributed by atoms with Gasteiger partial charge >= 0.3 is 0 Å². The SMILES string of the molecule is Cl.O=C(N[C@H]1CCCNC1)c1ccn(-c2c(F)cccc2F)n1. The Morgan fingerprint density at radius 1 is 1.30 bits per heavy atom. The van der Waals surface area contributed by atoms with Crippen molar-refractivity contribution in [3.63, 3.8) is 0 Å². The van der Waals surface area contributed by atoms with Crippen LogP contribution in [0.2, 0.25) is 0 Å². The highest BCUT2D eigenvalue weighted by molar-refractivity contribution is 5.92. The number of amides is 1. The molecule has 1 aromatic heterocycles. The molecule has 0 saturated carbocycles. The molecule has 1 fully saturated rings. The zero-order valence-electron chi connectivity index (χ0n) is 12.3. The Labute approximate surface area is 138 Å². The van der Waals surface area contributed by atoms with Gasteiger partial charge in [-0.05, 0) is 37.6 Å². The van der Waals surface area contributed by atoms with Gasteiger partial charge in [0, 0.05) is 18.8 Å². The third-order valence-corrected chi connectivity index (χ3v) is 3.62. The number of hydrogen-bond donors (Lipinski definition) is 2. The van der Waals surface area contributed by atoms with Gasteiger partial charge < -0.3 is 10.6 Å². The van der Waals surface area contributed by atoms with Crippen molar-refractivity contribution in [3.8, 4) is 5.69 Å². The van der Waals surface area contributed by atoms with Crippen molar-refractivity contribution in [1.29, 1.82) is 0 Å². The first-order chi connectivity index (χ1) is 10.6. The topological polar surface area (TPSA) is 59.0 Å². The number of hydrogen-bond acceptors (Lipinski definition) is 3. The van der Waals surface area contributed by atoms with E-state index in [-0.39, 0.29) is 35.7 Å². The van der Waals surface area contributed by atoms with Crippen LogP contribution >= 0.6 is 12.4 Å². The number of rotatable bonds is 3. The van der Waals surface area contributed by atoms with E-state index in [1.165, 1.54) is 18.3 Å². The summed E-state index contributed by atoms with van der Waals surface area (Å²) in [5, 5.41) is 10.0. The third kappa shape index (κ3) is 3.86. The number of halogens is 3. The maximum absolute atomic E-state index is 13.7. The van der Waals surface area contributed by atoms with Crippen molar-refractivity contribution in [3.05, 3.63) is 47.8 Å². The maximum Gasteiger partial charge on any atom is 0.272 e. The van der Waals surface area contributed by atoms with Gasteiger partial charge in [0.15, 0.2) is 17.3 Å². The lowest BCUT2D eigenvalue weighted by Crippen LogP contribution is -2.45. The quantitative estimate of drug-likeness (QED) is 0.897. The number of para-hydroxylation sites is 1. The molecule has 1 aromatic carbocycles. The third-order valence-electron chi connectivity index (χ3n) is 3.62. The fourth-order valence-electron chi connectivity index (χ4n) is 2.51. The second-order valence-electron chi connectivity index (χ2n) is 5.23. The molecule has 1 atom stereocenters. The molecule has 1 aliphatic heterocycles. The van der Waals surface area contributed by atoms with Crippen LogP contribution in [0.25, 0.3) is 5.69 Å². The summed E-state index contributed by atoms with van der Waals surface area (Å²) in [6, 6.07) is 5.07. The Hall–Kier alpha value is -1.99. The van der Waals surface area contributed by atoms with Crippen molar-refractivity contribution < 1.29 is 13.6 Å². The predicted molar refractivity (Wildman–Crippen MR) is 84.1 cm³/mol. The average Bonchev–Trinajstić information content (AvgIpc) is 2.98. The molecule has 0 bridgehead atoms. The summed E-state index contributed by atoms with van der Waals surface area (Å²) in [4.78, 5) is 12.1. The molecule has 23 heavy (non-hydrogen) atoms. The van der Waals surface area contributed by atoms with Gasteiger partial charge in [0.1, 0.15) is 5.69 Å². The van der Waals surface area contributed by atoms with Crippen LogP contribution in [0.3, 0.4) is 0 Å². The van der Waals surface area contributed by atoms with Gasteiger partial charge in [-0.15, -0.1) is 12.4 Å². The molecule has 5 nitrogen and oxygen atoms in total. The first kappa shape index (κ1) is 17.4. The van der Waals surface area contributed by atoms with Crippen molar-refractivity contribution in [2.24, 2.45) is 0 Å². The van der Waals surface area contributed by atoms with E-state index in [9.17, 15) is 13.6 Å². The summed E-state index contributed by atoms with van der Waals surface area (Å²) < 4.78 is 28.5. The molecular formula is C15H17ClF2N4O. The maximum atomic E-state index is 13.7. The fraction of sp³-hybridized carbons (Fsp3) is 0.333. The van der Waals surface area contributed by atoms with E-state index < -0.39 is 11.6 Å². The highest BCUT2D eigenvalue weighted by atomic mass is 35.5. The van der Waals surface area contributed by atoms with Crippen molar-refractivity contribution in [2.75, 3.05) is 13.1 Å². The summed E-state index contributed by atoms with van der Waals surface area (Å²) >= 11 is 0. The van der Waals surface area contributed by atoms with Crippen LogP contribution in [0.15, 0.2) is 30.5 Å². The van der Waals surface area contributed by atoms with E-state index in [0.717, 1.165) is 36.2 Å². The number of nitrogens with one attached hydrogen (secondary N) is 2. The second-order valence-corrected chi connectivity index (χ2v) is 5.23. The minimum absolute atomic E-state index is 0. The van der Waals surface area contributed by atoms with Crippen LogP contribution in [0, 0.1) is 11.6 Å². The zero-order valence-corrected chi connectivity index (χ0v) is 13.1. The largest absolute Gasteiger partial charge is 0.347 e. The Bertz CT molecular complexity index is 666. The molecule has 2 aromatic rings. The smallest absolute Gasteiger partial charge is 0.272 e. The molecular weight excluding hydrogens is 326 g/mol. The van der Waals surface area contributed by atoms with Gasteiger partial charge in [0.2, 0.25) is 0 Å². The lowest BCUT2D eigenvalue weighted by molar-refractivity contribution is 0.0925. The van der Waals surface area contributed by atoms with Crippen molar-refractivity contribution in [2.45, 2.75) is 18.9 Å². The fourth-order valence-corrected chi connectivity index (χ4v) is 2.51. The highest BCUT2D eigenvalue weighted by Crippen LogP contribution is 2.17. The van der Waals surface area contributed by atoms with Gasteiger partial charge in [-0.1, -0.05) is 6.07 Å². The second kappa shape index (κ2) is 7.52. The molecule has 1 saturated heterocycles. The minimum Gasteiger partial charge on any atom is -0.347 e. The van der Waals surface area contributed by atoms with Crippen LogP contribution in [0.1, 0.15) is 23.3 Å². The van der Waals surface area contributed by atoms with Gasteiger partial charge in [-0.25, -0.2) is 13.5 Å². The number of piperidine rings is 1. The van der Waals surface area contributed by atoms with Crippen LogP contribution in [-0.2, 0) is 0 Å². The molecule has 3 rings (SSSR count). The monoisotopic (exact) mass is 342 g/mol. The molecule has 2 N–H and O–H groups in total. The Kier molecular flexibility index (Phi) is 5.68. The van der Waals surface area contributed by atoms with Crippen molar-refractivity contribution >= 4 is 18.3 Å². The zero-order chi connectivity index (χ0) is 15.5. The van der Waals surface area contributed by atoms with E-state index in [2.05, 4.69) is 15.7 Å². The summed E-state index contributed by atoms with van der Waals surface area (Å²) in [6.07, 6.45) is 3.27. The van der Waals surface area contributed by atoms with Gasteiger partial charge in [-0.3, -0.25) is 4.79 Å². The number of nitrogens with zero attached hydrogens (tertiary/aromatic N) is 2. The predicted octanol–water partition coefficient (Wildman–Crippen LogP) is 2.05. The molecule has 0 unspecified atom stereocenters. The van der Waals surface area contributed by atoms with E-state index in [1.54, 1.807) is 0 Å². The Morgan fingerprint density at radius 3 is 2.70 bits per heavy atom. The van der Waals surface area contributed by atoms with E-state index in [0.29, 0.717) is 6.54 Å². The van der Waals surface area contributed by atoms with Gasteiger partial charge in [-0.2, -0.15) is 5.10 Å². The lowest BCUT2D eigenvalue weighted by Gasteiger charge is -2.23. The van der Waals surface area contributed by atoms with Gasteiger partial charge in [0.05, 0.1) is 0 Å². The van der Waals surface area contributed by atoms with Crippen LogP contribution < -0.4 is 10.6 Å². The lowest BCUT2D eigenvalue weighted by atomic mass is 10.1. The van der Waals surface area contributed by atoms with Crippen molar-refractivity contribution in [1.82, 2.24) is 20.4 Å². The van der Waals surface area contributed by atoms with Gasteiger partial charge in [0.25, 0.3) is 5.91 Å². The Morgan fingerprint density at radius 2 is 2.04 bits per heavy atom. The normalized spacial score (nSPS) is 17.4. The number of carbonyl (C=O) groups excluding carboxylic acids is 1.